The predicted molar refractivity (Wildman–Crippen MR) is 76.7 cm³/mol. The maximum Gasteiger partial charge on any atom is 0.321 e. The number of nitrogens with zero attached hydrogens (tertiary/aromatic N) is 1. The van der Waals surface area contributed by atoms with Crippen LogP contribution in [0.2, 0.25) is 0 Å². The number of aryl methyl sites for hydroxylation is 1. The molecule has 5 nitrogen and oxygen atoms in total. The number of benzene rings is 1. The first-order chi connectivity index (χ1) is 9.45. The lowest BCUT2D eigenvalue weighted by molar-refractivity contribution is -0.136. The Bertz CT molecular complexity index is 723. The van der Waals surface area contributed by atoms with E-state index in [4.69, 9.17) is 21.4 Å². The number of hydrogen-bond donors (Lipinski definition) is 1. The average molecular weight is 296 g/mol. The van der Waals surface area contributed by atoms with Gasteiger partial charge >= 0.3 is 5.97 Å². The molecule has 0 bridgehead atoms. The summed E-state index contributed by atoms with van der Waals surface area (Å²) in [6.07, 6.45) is 0.176. The summed E-state index contributed by atoms with van der Waals surface area (Å²) in [6.45, 7) is 0. The van der Waals surface area contributed by atoms with Gasteiger partial charge in [-0.15, -0.1) is 11.6 Å². The van der Waals surface area contributed by atoms with Gasteiger partial charge in [-0.05, 0) is 17.7 Å². The Labute approximate surface area is 120 Å². The van der Waals surface area contributed by atoms with Crippen molar-refractivity contribution < 1.29 is 14.6 Å². The number of hydrogen-bond acceptors (Lipinski definition) is 3. The zero-order chi connectivity index (χ0) is 14.9. The van der Waals surface area contributed by atoms with Crippen LogP contribution in [-0.2, 0) is 18.3 Å². The summed E-state index contributed by atoms with van der Waals surface area (Å²) in [5.41, 5.74) is 1.24. The number of methoxy groups -OCH3 is 1. The van der Waals surface area contributed by atoms with Crippen molar-refractivity contribution in [3.05, 3.63) is 40.2 Å². The minimum absolute atomic E-state index is 0.159. The van der Waals surface area contributed by atoms with Crippen molar-refractivity contribution >= 4 is 28.5 Å². The van der Waals surface area contributed by atoms with Gasteiger partial charge in [-0.2, -0.15) is 0 Å². The molecule has 0 aliphatic rings. The molecular weight excluding hydrogens is 282 g/mol. The molecule has 1 unspecified atom stereocenters. The van der Waals surface area contributed by atoms with Crippen LogP contribution in [-0.4, -0.2) is 28.1 Å². The second-order valence-electron chi connectivity index (χ2n) is 4.43. The van der Waals surface area contributed by atoms with Crippen LogP contribution < -0.4 is 10.3 Å². The van der Waals surface area contributed by atoms with Gasteiger partial charge in [0.15, 0.2) is 0 Å². The molecular formula is C14H14ClNO4. The second kappa shape index (κ2) is 5.54. The highest BCUT2D eigenvalue weighted by molar-refractivity contribution is 6.29. The normalized spacial score (nSPS) is 12.3. The molecule has 6 heteroatoms. The van der Waals surface area contributed by atoms with Gasteiger partial charge in [-0.25, -0.2) is 0 Å². The molecule has 0 aliphatic carbocycles. The summed E-state index contributed by atoms with van der Waals surface area (Å²) in [5.74, 6) is -0.508. The summed E-state index contributed by atoms with van der Waals surface area (Å²) in [5, 5.41) is 8.66. The lowest BCUT2D eigenvalue weighted by atomic mass is 10.0. The molecule has 0 saturated heterocycles. The van der Waals surface area contributed by atoms with Crippen LogP contribution in [0, 0.1) is 0 Å². The summed E-state index contributed by atoms with van der Waals surface area (Å²) >= 11 is 5.80. The first-order valence-corrected chi connectivity index (χ1v) is 6.42. The van der Waals surface area contributed by atoms with Crippen molar-refractivity contribution in [3.8, 4) is 5.75 Å². The van der Waals surface area contributed by atoms with E-state index in [0.29, 0.717) is 11.3 Å². The quantitative estimate of drug-likeness (QED) is 0.873. The molecule has 1 aromatic carbocycles. The van der Waals surface area contributed by atoms with Gasteiger partial charge in [0.1, 0.15) is 11.1 Å². The molecule has 1 aromatic heterocycles. The van der Waals surface area contributed by atoms with Crippen LogP contribution in [0.4, 0.5) is 0 Å². The van der Waals surface area contributed by atoms with Crippen molar-refractivity contribution in [2.45, 2.75) is 11.8 Å². The molecule has 0 aliphatic heterocycles. The summed E-state index contributed by atoms with van der Waals surface area (Å²) in [6, 6.07) is 6.59. The number of pyridine rings is 1. The van der Waals surface area contributed by atoms with Crippen molar-refractivity contribution in [1.82, 2.24) is 4.57 Å². The summed E-state index contributed by atoms with van der Waals surface area (Å²) in [4.78, 5) is 22.6. The SMILES string of the molecule is COc1ccc(CC(Cl)C(=O)O)c2ccc(=O)n(C)c12. The molecule has 0 saturated carbocycles. The van der Waals surface area contributed by atoms with E-state index in [0.717, 1.165) is 10.9 Å². The van der Waals surface area contributed by atoms with E-state index < -0.39 is 11.3 Å². The third-order valence-electron chi connectivity index (χ3n) is 3.22. The van der Waals surface area contributed by atoms with Gasteiger partial charge in [0, 0.05) is 24.9 Å². The Morgan fingerprint density at radius 1 is 1.40 bits per heavy atom. The Morgan fingerprint density at radius 3 is 2.70 bits per heavy atom. The van der Waals surface area contributed by atoms with Crippen LogP contribution in [0.25, 0.3) is 10.9 Å². The molecule has 0 fully saturated rings. The van der Waals surface area contributed by atoms with E-state index in [1.165, 1.54) is 17.7 Å². The second-order valence-corrected chi connectivity index (χ2v) is 4.96. The van der Waals surface area contributed by atoms with Gasteiger partial charge in [0.25, 0.3) is 5.56 Å². The lowest BCUT2D eigenvalue weighted by Gasteiger charge is -2.14. The number of alkyl halides is 1. The first kappa shape index (κ1) is 14.4. The molecule has 20 heavy (non-hydrogen) atoms. The van der Waals surface area contributed by atoms with Crippen molar-refractivity contribution in [3.63, 3.8) is 0 Å². The molecule has 0 radical (unpaired) electrons. The molecule has 1 atom stereocenters. The lowest BCUT2D eigenvalue weighted by Crippen LogP contribution is -2.18. The van der Waals surface area contributed by atoms with Crippen LogP contribution in [0.1, 0.15) is 5.56 Å². The zero-order valence-electron chi connectivity index (χ0n) is 11.1. The van der Waals surface area contributed by atoms with Gasteiger partial charge in [0.2, 0.25) is 0 Å². The van der Waals surface area contributed by atoms with E-state index in [2.05, 4.69) is 0 Å². The number of halogens is 1. The molecule has 1 N–H and O–H groups in total. The highest BCUT2D eigenvalue weighted by atomic mass is 35.5. The van der Waals surface area contributed by atoms with Gasteiger partial charge in [-0.3, -0.25) is 9.59 Å². The van der Waals surface area contributed by atoms with Crippen LogP contribution in [0.3, 0.4) is 0 Å². The van der Waals surface area contributed by atoms with Crippen molar-refractivity contribution in [2.75, 3.05) is 7.11 Å². The number of aliphatic carboxylic acids is 1. The highest BCUT2D eigenvalue weighted by Gasteiger charge is 2.17. The van der Waals surface area contributed by atoms with Gasteiger partial charge in [0.05, 0.1) is 12.6 Å². The molecule has 106 valence electrons. The van der Waals surface area contributed by atoms with Crippen LogP contribution in [0.15, 0.2) is 29.1 Å². The first-order valence-electron chi connectivity index (χ1n) is 5.98. The van der Waals surface area contributed by atoms with Crippen molar-refractivity contribution in [2.24, 2.45) is 7.05 Å². The third-order valence-corrected chi connectivity index (χ3v) is 3.56. The topological polar surface area (TPSA) is 68.5 Å². The van der Waals surface area contributed by atoms with E-state index in [1.54, 1.807) is 25.2 Å². The number of carboxylic acids is 1. The number of rotatable bonds is 4. The summed E-state index contributed by atoms with van der Waals surface area (Å²) in [7, 11) is 3.17. The Balaban J connectivity index is 2.67. The number of carboxylic acid groups (broad SMARTS) is 1. The Hall–Kier alpha value is -2.01. The monoisotopic (exact) mass is 295 g/mol. The zero-order valence-corrected chi connectivity index (χ0v) is 11.8. The number of carbonyl (C=O) groups is 1. The molecule has 1 heterocycles. The van der Waals surface area contributed by atoms with Gasteiger partial charge in [-0.1, -0.05) is 6.07 Å². The largest absolute Gasteiger partial charge is 0.495 e. The Kier molecular flexibility index (Phi) is 3.99. The van der Waals surface area contributed by atoms with E-state index >= 15 is 0 Å². The highest BCUT2D eigenvalue weighted by Crippen LogP contribution is 2.28. The fourth-order valence-electron chi connectivity index (χ4n) is 2.16. The van der Waals surface area contributed by atoms with Gasteiger partial charge < -0.3 is 14.4 Å². The minimum atomic E-state index is -1.07. The number of fused-ring (bicyclic) bond motifs is 1. The van der Waals surface area contributed by atoms with Crippen LogP contribution in [0.5, 0.6) is 5.75 Å². The number of ether oxygens (including phenoxy) is 1. The average Bonchev–Trinajstić information content (AvgIpc) is 2.42. The maximum atomic E-state index is 11.7. The molecule has 0 amide bonds. The fourth-order valence-corrected chi connectivity index (χ4v) is 2.33. The van der Waals surface area contributed by atoms with E-state index in [9.17, 15) is 9.59 Å². The molecule has 0 spiro atoms. The fraction of sp³-hybridized carbons (Fsp3) is 0.286. The van der Waals surface area contributed by atoms with Crippen LogP contribution >= 0.6 is 11.6 Å². The van der Waals surface area contributed by atoms with Crippen molar-refractivity contribution in [1.29, 1.82) is 0 Å². The maximum absolute atomic E-state index is 11.7. The Morgan fingerprint density at radius 2 is 2.10 bits per heavy atom. The summed E-state index contributed by atoms with van der Waals surface area (Å²) < 4.78 is 6.74. The van der Waals surface area contributed by atoms with E-state index in [-0.39, 0.29) is 12.0 Å². The molecule has 2 rings (SSSR count). The standard InChI is InChI=1S/C14H14ClNO4/c1-16-12(17)6-4-9-8(7-10(15)14(18)19)3-5-11(20-2)13(9)16/h3-6,10H,7H2,1-2H3,(H,18,19). The molecule has 2 aromatic rings. The minimum Gasteiger partial charge on any atom is -0.495 e. The predicted octanol–water partition coefficient (Wildman–Crippen LogP) is 1.78. The number of aromatic nitrogens is 1. The third kappa shape index (κ3) is 2.49. The smallest absolute Gasteiger partial charge is 0.321 e. The van der Waals surface area contributed by atoms with E-state index in [1.807, 2.05) is 0 Å².